The van der Waals surface area contributed by atoms with Gasteiger partial charge in [-0.3, -0.25) is 0 Å². The Kier molecular flexibility index (Phi) is 4.67. The van der Waals surface area contributed by atoms with E-state index >= 15 is 0 Å². The molecule has 1 heterocycles. The number of rotatable bonds is 6. The average molecular weight is 266 g/mol. The van der Waals surface area contributed by atoms with Crippen LogP contribution in [0, 0.1) is 0 Å². The van der Waals surface area contributed by atoms with Crippen molar-refractivity contribution in [3.05, 3.63) is 52.9 Å². The zero-order valence-corrected chi connectivity index (χ0v) is 11.0. The Hall–Kier alpha value is -1.45. The first-order valence-electron chi connectivity index (χ1n) is 5.94. The second-order valence-electron chi connectivity index (χ2n) is 3.90. The monoisotopic (exact) mass is 265 g/mol. The first-order chi connectivity index (χ1) is 8.79. The van der Waals surface area contributed by atoms with Crippen LogP contribution in [0.4, 0.5) is 0 Å². The van der Waals surface area contributed by atoms with Gasteiger partial charge in [0.2, 0.25) is 0 Å². The molecule has 0 radical (unpaired) electrons. The number of benzene rings is 1. The Balaban J connectivity index is 1.95. The zero-order valence-electron chi connectivity index (χ0n) is 10.3. The molecule has 0 unspecified atom stereocenters. The molecule has 0 fully saturated rings. The smallest absolute Gasteiger partial charge is 0.124 e. The number of hydrogen-bond acceptors (Lipinski definition) is 3. The maximum Gasteiger partial charge on any atom is 0.124 e. The van der Waals surface area contributed by atoms with Crippen LogP contribution in [0.25, 0.3) is 0 Å². The van der Waals surface area contributed by atoms with Crippen LogP contribution in [0.3, 0.4) is 0 Å². The van der Waals surface area contributed by atoms with E-state index in [9.17, 15) is 0 Å². The minimum atomic E-state index is 0.484. The summed E-state index contributed by atoms with van der Waals surface area (Å²) in [7, 11) is 0. The molecule has 2 rings (SSSR count). The molecule has 96 valence electrons. The molecule has 1 aromatic carbocycles. The van der Waals surface area contributed by atoms with Crippen molar-refractivity contribution >= 4 is 11.6 Å². The molecule has 0 saturated heterocycles. The Bertz CT molecular complexity index is 496. The lowest BCUT2D eigenvalue weighted by atomic mass is 10.2. The van der Waals surface area contributed by atoms with E-state index in [0.29, 0.717) is 11.6 Å². The molecule has 0 aliphatic carbocycles. The summed E-state index contributed by atoms with van der Waals surface area (Å²) < 4.78 is 11.1. The highest BCUT2D eigenvalue weighted by Gasteiger charge is 2.06. The van der Waals surface area contributed by atoms with Crippen molar-refractivity contribution in [2.75, 3.05) is 6.54 Å². The van der Waals surface area contributed by atoms with E-state index in [0.717, 1.165) is 30.2 Å². The van der Waals surface area contributed by atoms with Crippen molar-refractivity contribution in [2.45, 2.75) is 20.1 Å². The maximum absolute atomic E-state index is 5.90. The normalized spacial score (nSPS) is 10.6. The molecular weight excluding hydrogens is 250 g/mol. The third-order valence-electron chi connectivity index (χ3n) is 2.56. The lowest BCUT2D eigenvalue weighted by Crippen LogP contribution is -2.12. The van der Waals surface area contributed by atoms with E-state index in [1.807, 2.05) is 24.3 Å². The van der Waals surface area contributed by atoms with Gasteiger partial charge in [0.15, 0.2) is 0 Å². The van der Waals surface area contributed by atoms with Crippen LogP contribution in [0.15, 0.2) is 41.0 Å². The average Bonchev–Trinajstić information content (AvgIpc) is 2.81. The SMILES string of the molecule is CCNCc1occc1COc1cccc(Cl)c1. The lowest BCUT2D eigenvalue weighted by molar-refractivity contribution is 0.301. The summed E-state index contributed by atoms with van der Waals surface area (Å²) in [5.41, 5.74) is 1.05. The molecule has 1 aromatic heterocycles. The molecule has 0 amide bonds. The van der Waals surface area contributed by atoms with E-state index in [1.165, 1.54) is 0 Å². The van der Waals surface area contributed by atoms with Gasteiger partial charge in [-0.15, -0.1) is 0 Å². The van der Waals surface area contributed by atoms with Gasteiger partial charge in [-0.25, -0.2) is 0 Å². The van der Waals surface area contributed by atoms with Gasteiger partial charge in [0.25, 0.3) is 0 Å². The number of hydrogen-bond donors (Lipinski definition) is 1. The van der Waals surface area contributed by atoms with Crippen molar-refractivity contribution in [2.24, 2.45) is 0 Å². The standard InChI is InChI=1S/C14H16ClNO2/c1-2-16-9-14-11(6-7-17-14)10-18-13-5-3-4-12(15)8-13/h3-8,16H,2,9-10H2,1H3. The van der Waals surface area contributed by atoms with Crippen LogP contribution < -0.4 is 10.1 Å². The second-order valence-corrected chi connectivity index (χ2v) is 4.33. The van der Waals surface area contributed by atoms with Gasteiger partial charge in [-0.1, -0.05) is 24.6 Å². The summed E-state index contributed by atoms with van der Waals surface area (Å²) in [4.78, 5) is 0. The van der Waals surface area contributed by atoms with Crippen LogP contribution in [-0.4, -0.2) is 6.54 Å². The third kappa shape index (κ3) is 3.52. The molecule has 0 aliphatic rings. The maximum atomic E-state index is 5.90. The topological polar surface area (TPSA) is 34.4 Å². The van der Waals surface area contributed by atoms with Crippen LogP contribution in [0.2, 0.25) is 5.02 Å². The van der Waals surface area contributed by atoms with Crippen molar-refractivity contribution in [1.29, 1.82) is 0 Å². The Labute approximate surface area is 112 Å². The molecule has 1 N–H and O–H groups in total. The highest BCUT2D eigenvalue weighted by atomic mass is 35.5. The van der Waals surface area contributed by atoms with Gasteiger partial charge in [0, 0.05) is 10.6 Å². The summed E-state index contributed by atoms with van der Waals surface area (Å²) >= 11 is 5.90. The highest BCUT2D eigenvalue weighted by Crippen LogP contribution is 2.19. The van der Waals surface area contributed by atoms with E-state index in [-0.39, 0.29) is 0 Å². The first kappa shape index (κ1) is 13.0. The summed E-state index contributed by atoms with van der Waals surface area (Å²) in [6, 6.07) is 9.30. The Morgan fingerprint density at radius 3 is 3.00 bits per heavy atom. The first-order valence-corrected chi connectivity index (χ1v) is 6.31. The largest absolute Gasteiger partial charge is 0.489 e. The van der Waals surface area contributed by atoms with Crippen molar-refractivity contribution in [1.82, 2.24) is 5.32 Å². The molecule has 0 saturated carbocycles. The highest BCUT2D eigenvalue weighted by molar-refractivity contribution is 6.30. The summed E-state index contributed by atoms with van der Waals surface area (Å²) in [5, 5.41) is 3.90. The molecule has 0 bridgehead atoms. The van der Waals surface area contributed by atoms with Gasteiger partial charge in [0.05, 0.1) is 12.8 Å². The third-order valence-corrected chi connectivity index (χ3v) is 2.80. The molecule has 4 heteroatoms. The fourth-order valence-electron chi connectivity index (χ4n) is 1.61. The predicted molar refractivity (Wildman–Crippen MR) is 71.9 cm³/mol. The molecule has 0 aliphatic heterocycles. The van der Waals surface area contributed by atoms with Gasteiger partial charge in [0.1, 0.15) is 18.1 Å². The molecule has 3 nitrogen and oxygen atoms in total. The molecule has 0 spiro atoms. The fraction of sp³-hybridized carbons (Fsp3) is 0.286. The van der Waals surface area contributed by atoms with Crippen molar-refractivity contribution in [3.8, 4) is 5.75 Å². The van der Waals surface area contributed by atoms with Gasteiger partial charge in [-0.2, -0.15) is 0 Å². The minimum absolute atomic E-state index is 0.484. The number of ether oxygens (including phenoxy) is 1. The Morgan fingerprint density at radius 1 is 1.33 bits per heavy atom. The molecule has 0 atom stereocenters. The van der Waals surface area contributed by atoms with E-state index in [4.69, 9.17) is 20.8 Å². The van der Waals surface area contributed by atoms with E-state index < -0.39 is 0 Å². The molecular formula is C14H16ClNO2. The van der Waals surface area contributed by atoms with Gasteiger partial charge >= 0.3 is 0 Å². The summed E-state index contributed by atoms with van der Waals surface area (Å²) in [6.45, 7) is 4.18. The fourth-order valence-corrected chi connectivity index (χ4v) is 1.79. The quantitative estimate of drug-likeness (QED) is 0.866. The second kappa shape index (κ2) is 6.47. The summed E-state index contributed by atoms with van der Waals surface area (Å²) in [5.74, 6) is 1.68. The zero-order chi connectivity index (χ0) is 12.8. The Morgan fingerprint density at radius 2 is 2.22 bits per heavy atom. The predicted octanol–water partition coefficient (Wildman–Crippen LogP) is 3.62. The number of nitrogens with one attached hydrogen (secondary N) is 1. The van der Waals surface area contributed by atoms with Crippen molar-refractivity contribution < 1.29 is 9.15 Å². The summed E-state index contributed by atoms with van der Waals surface area (Å²) in [6.07, 6.45) is 1.68. The van der Waals surface area contributed by atoms with Gasteiger partial charge in [-0.05, 0) is 30.8 Å². The van der Waals surface area contributed by atoms with Crippen molar-refractivity contribution in [3.63, 3.8) is 0 Å². The van der Waals surface area contributed by atoms with Crippen LogP contribution in [0.1, 0.15) is 18.2 Å². The van der Waals surface area contributed by atoms with Crippen LogP contribution >= 0.6 is 11.6 Å². The lowest BCUT2D eigenvalue weighted by Gasteiger charge is -2.07. The van der Waals surface area contributed by atoms with E-state index in [1.54, 1.807) is 12.3 Å². The van der Waals surface area contributed by atoms with E-state index in [2.05, 4.69) is 12.2 Å². The van der Waals surface area contributed by atoms with Crippen LogP contribution in [0.5, 0.6) is 5.75 Å². The van der Waals surface area contributed by atoms with Gasteiger partial charge < -0.3 is 14.5 Å². The number of halogens is 1. The minimum Gasteiger partial charge on any atom is -0.489 e. The molecule has 2 aromatic rings. The number of furan rings is 1. The molecule has 18 heavy (non-hydrogen) atoms. The van der Waals surface area contributed by atoms with Crippen LogP contribution in [-0.2, 0) is 13.2 Å².